The minimum absolute atomic E-state index is 0.381. The van der Waals surface area contributed by atoms with E-state index < -0.39 is 0 Å². The quantitative estimate of drug-likeness (QED) is 0.817. The van der Waals surface area contributed by atoms with Crippen LogP contribution in [0.3, 0.4) is 0 Å². The van der Waals surface area contributed by atoms with Crippen LogP contribution >= 0.6 is 0 Å². The zero-order valence-corrected chi connectivity index (χ0v) is 14.0. The lowest BCUT2D eigenvalue weighted by Crippen LogP contribution is -2.17. The fourth-order valence-corrected chi connectivity index (χ4v) is 2.97. The second-order valence-electron chi connectivity index (χ2n) is 6.01. The number of nitrogens with zero attached hydrogens (tertiary/aromatic N) is 2. The van der Waals surface area contributed by atoms with Crippen molar-refractivity contribution in [3.05, 3.63) is 41.6 Å². The summed E-state index contributed by atoms with van der Waals surface area (Å²) < 4.78 is 4.83. The van der Waals surface area contributed by atoms with E-state index in [9.17, 15) is 4.79 Å². The maximum absolute atomic E-state index is 11.9. The highest BCUT2D eigenvalue weighted by Crippen LogP contribution is 2.24. The van der Waals surface area contributed by atoms with Crippen LogP contribution < -0.4 is 10.6 Å². The molecular weight excluding hydrogens is 304 g/mol. The molecule has 2 aromatic rings. The van der Waals surface area contributed by atoms with Crippen molar-refractivity contribution in [2.24, 2.45) is 0 Å². The molecule has 0 bridgehead atoms. The SMILES string of the molecule is COC(=O)c1ccccc1Nc1cc(C)nc(NC2CCCC2)n1. The summed E-state index contributed by atoms with van der Waals surface area (Å²) >= 11 is 0. The highest BCUT2D eigenvalue weighted by atomic mass is 16.5. The van der Waals surface area contributed by atoms with Crippen molar-refractivity contribution in [2.75, 3.05) is 17.7 Å². The third-order valence-corrected chi connectivity index (χ3v) is 4.14. The molecule has 1 aliphatic carbocycles. The molecule has 0 spiro atoms. The average Bonchev–Trinajstić information content (AvgIpc) is 3.07. The Kier molecular flexibility index (Phi) is 4.93. The highest BCUT2D eigenvalue weighted by Gasteiger charge is 2.16. The number of para-hydroxylation sites is 1. The number of ether oxygens (including phenoxy) is 1. The predicted octanol–water partition coefficient (Wildman–Crippen LogP) is 3.67. The standard InChI is InChI=1S/C18H22N4O2/c1-12-11-16(22-18(19-12)20-13-7-3-4-8-13)21-15-10-6-5-9-14(15)17(23)24-2/h5-6,9-11,13H,3-4,7-8H2,1-2H3,(H2,19,20,21,22). The maximum Gasteiger partial charge on any atom is 0.339 e. The predicted molar refractivity (Wildman–Crippen MR) is 93.7 cm³/mol. The number of rotatable bonds is 5. The Morgan fingerprint density at radius 1 is 1.21 bits per heavy atom. The van der Waals surface area contributed by atoms with Gasteiger partial charge in [0.25, 0.3) is 0 Å². The molecule has 126 valence electrons. The van der Waals surface area contributed by atoms with Crippen molar-refractivity contribution in [3.8, 4) is 0 Å². The lowest BCUT2D eigenvalue weighted by atomic mass is 10.2. The van der Waals surface area contributed by atoms with E-state index in [1.807, 2.05) is 25.1 Å². The number of nitrogens with one attached hydrogen (secondary N) is 2. The number of hydrogen-bond acceptors (Lipinski definition) is 6. The number of carbonyl (C=O) groups excluding carboxylic acids is 1. The van der Waals surface area contributed by atoms with E-state index in [2.05, 4.69) is 20.6 Å². The first-order valence-electron chi connectivity index (χ1n) is 8.22. The summed E-state index contributed by atoms with van der Waals surface area (Å²) in [5, 5.41) is 6.60. The molecule has 1 saturated carbocycles. The van der Waals surface area contributed by atoms with Gasteiger partial charge in [-0.3, -0.25) is 0 Å². The fraction of sp³-hybridized carbons (Fsp3) is 0.389. The van der Waals surface area contributed by atoms with Crippen LogP contribution in [0.2, 0.25) is 0 Å². The molecule has 1 aromatic heterocycles. The lowest BCUT2D eigenvalue weighted by molar-refractivity contribution is 0.0602. The van der Waals surface area contributed by atoms with Crippen LogP contribution in [-0.4, -0.2) is 29.1 Å². The van der Waals surface area contributed by atoms with Gasteiger partial charge in [-0.15, -0.1) is 0 Å². The minimum atomic E-state index is -0.381. The second kappa shape index (κ2) is 7.29. The Bertz CT molecular complexity index is 727. The van der Waals surface area contributed by atoms with E-state index in [0.717, 1.165) is 18.5 Å². The number of methoxy groups -OCH3 is 1. The Balaban J connectivity index is 1.82. The van der Waals surface area contributed by atoms with Crippen molar-refractivity contribution in [2.45, 2.75) is 38.6 Å². The van der Waals surface area contributed by atoms with Crippen LogP contribution in [0.5, 0.6) is 0 Å². The van der Waals surface area contributed by atoms with Crippen LogP contribution in [0.15, 0.2) is 30.3 Å². The van der Waals surface area contributed by atoms with Crippen molar-refractivity contribution in [3.63, 3.8) is 0 Å². The summed E-state index contributed by atoms with van der Waals surface area (Å²) in [5.41, 5.74) is 2.00. The van der Waals surface area contributed by atoms with Crippen LogP contribution in [0, 0.1) is 6.92 Å². The van der Waals surface area contributed by atoms with Gasteiger partial charge >= 0.3 is 5.97 Å². The summed E-state index contributed by atoms with van der Waals surface area (Å²) in [6.45, 7) is 1.93. The van der Waals surface area contributed by atoms with Gasteiger partial charge in [-0.05, 0) is 31.9 Å². The Morgan fingerprint density at radius 2 is 1.96 bits per heavy atom. The number of carbonyl (C=O) groups is 1. The van der Waals surface area contributed by atoms with Crippen molar-refractivity contribution in [1.29, 1.82) is 0 Å². The number of esters is 1. The molecule has 3 rings (SSSR count). The number of benzene rings is 1. The second-order valence-corrected chi connectivity index (χ2v) is 6.01. The summed E-state index contributed by atoms with van der Waals surface area (Å²) in [6.07, 6.45) is 4.82. The Hall–Kier alpha value is -2.63. The van der Waals surface area contributed by atoms with E-state index in [4.69, 9.17) is 4.74 Å². The average molecular weight is 326 g/mol. The smallest absolute Gasteiger partial charge is 0.339 e. The number of aromatic nitrogens is 2. The molecule has 1 fully saturated rings. The summed E-state index contributed by atoms with van der Waals surface area (Å²) in [6, 6.07) is 9.51. The molecule has 0 saturated heterocycles. The van der Waals surface area contributed by atoms with E-state index in [1.165, 1.54) is 20.0 Å². The Morgan fingerprint density at radius 3 is 2.71 bits per heavy atom. The van der Waals surface area contributed by atoms with Gasteiger partial charge in [-0.25, -0.2) is 9.78 Å². The van der Waals surface area contributed by atoms with Gasteiger partial charge < -0.3 is 15.4 Å². The summed E-state index contributed by atoms with van der Waals surface area (Å²) in [4.78, 5) is 20.9. The summed E-state index contributed by atoms with van der Waals surface area (Å²) in [5.74, 6) is 0.896. The zero-order valence-electron chi connectivity index (χ0n) is 14.0. The molecule has 1 aliphatic rings. The highest BCUT2D eigenvalue weighted by molar-refractivity contribution is 5.96. The molecule has 24 heavy (non-hydrogen) atoms. The van der Waals surface area contributed by atoms with E-state index >= 15 is 0 Å². The summed E-state index contributed by atoms with van der Waals surface area (Å²) in [7, 11) is 1.37. The molecule has 0 unspecified atom stereocenters. The fourth-order valence-electron chi connectivity index (χ4n) is 2.97. The third-order valence-electron chi connectivity index (χ3n) is 4.14. The van der Waals surface area contributed by atoms with Crippen molar-refractivity contribution < 1.29 is 9.53 Å². The van der Waals surface area contributed by atoms with Crippen LogP contribution in [0.1, 0.15) is 41.7 Å². The topological polar surface area (TPSA) is 76.1 Å². The molecule has 1 heterocycles. The molecule has 6 heteroatoms. The van der Waals surface area contributed by atoms with E-state index in [-0.39, 0.29) is 5.97 Å². The molecule has 0 radical (unpaired) electrons. The maximum atomic E-state index is 11.9. The molecule has 0 amide bonds. The first-order chi connectivity index (χ1) is 11.7. The van der Waals surface area contributed by atoms with Crippen LogP contribution in [0.25, 0.3) is 0 Å². The first kappa shape index (κ1) is 16.2. The van der Waals surface area contributed by atoms with Gasteiger partial charge in [-0.2, -0.15) is 4.98 Å². The van der Waals surface area contributed by atoms with Gasteiger partial charge in [-0.1, -0.05) is 25.0 Å². The first-order valence-corrected chi connectivity index (χ1v) is 8.22. The van der Waals surface area contributed by atoms with Gasteiger partial charge in [0.15, 0.2) is 0 Å². The minimum Gasteiger partial charge on any atom is -0.465 e. The van der Waals surface area contributed by atoms with E-state index in [1.54, 1.807) is 12.1 Å². The molecule has 2 N–H and O–H groups in total. The molecule has 6 nitrogen and oxygen atoms in total. The Labute approximate surface area is 141 Å². The van der Waals surface area contributed by atoms with Gasteiger partial charge in [0.2, 0.25) is 5.95 Å². The van der Waals surface area contributed by atoms with Crippen LogP contribution in [-0.2, 0) is 4.74 Å². The van der Waals surface area contributed by atoms with Gasteiger partial charge in [0.1, 0.15) is 5.82 Å². The van der Waals surface area contributed by atoms with Crippen molar-refractivity contribution in [1.82, 2.24) is 9.97 Å². The van der Waals surface area contributed by atoms with E-state index in [0.29, 0.717) is 29.1 Å². The van der Waals surface area contributed by atoms with Crippen LogP contribution in [0.4, 0.5) is 17.5 Å². The number of aryl methyl sites for hydroxylation is 1. The van der Waals surface area contributed by atoms with Crippen molar-refractivity contribution >= 4 is 23.4 Å². The largest absolute Gasteiger partial charge is 0.465 e. The normalized spacial score (nSPS) is 14.4. The monoisotopic (exact) mass is 326 g/mol. The molecule has 0 atom stereocenters. The van der Waals surface area contributed by atoms with Gasteiger partial charge in [0.05, 0.1) is 18.4 Å². The lowest BCUT2D eigenvalue weighted by Gasteiger charge is -2.15. The molecular formula is C18H22N4O2. The third kappa shape index (κ3) is 3.82. The molecule has 0 aliphatic heterocycles. The molecule has 1 aromatic carbocycles. The van der Waals surface area contributed by atoms with Gasteiger partial charge in [0, 0.05) is 17.8 Å². The number of anilines is 3. The number of hydrogen-bond donors (Lipinski definition) is 2. The zero-order chi connectivity index (χ0) is 16.9.